The maximum Gasteiger partial charge on any atom is 0.270 e. The second kappa shape index (κ2) is 5.88. The molecule has 3 rings (SSSR count). The van der Waals surface area contributed by atoms with Gasteiger partial charge < -0.3 is 15.2 Å². The number of nitrogens with one attached hydrogen (secondary N) is 1. The van der Waals surface area contributed by atoms with Crippen LogP contribution < -0.4 is 10.1 Å². The molecule has 0 saturated heterocycles. The van der Waals surface area contributed by atoms with Crippen LogP contribution in [0, 0.1) is 5.92 Å². The maximum atomic E-state index is 12.2. The lowest BCUT2D eigenvalue weighted by Gasteiger charge is -2.18. The Balaban J connectivity index is 1.70. The van der Waals surface area contributed by atoms with Gasteiger partial charge in [0.15, 0.2) is 0 Å². The summed E-state index contributed by atoms with van der Waals surface area (Å²) in [4.78, 5) is 16.4. The molecule has 2 N–H and O–H groups in total. The first-order valence-corrected chi connectivity index (χ1v) is 8.06. The van der Waals surface area contributed by atoms with E-state index in [1.165, 1.54) is 25.7 Å². The van der Waals surface area contributed by atoms with Crippen molar-refractivity contribution in [3.05, 3.63) is 23.5 Å². The van der Waals surface area contributed by atoms with Crippen LogP contribution >= 0.6 is 0 Å². The van der Waals surface area contributed by atoms with E-state index in [0.717, 1.165) is 17.9 Å². The molecule has 2 aliphatic rings. The quantitative estimate of drug-likeness (QED) is 0.810. The Bertz CT molecular complexity index is 558. The SMILES string of the molecule is CC(C)(O)CNC(=O)c1cc(OCC2CC2)c(C2CC2)cn1. The zero-order valence-corrected chi connectivity index (χ0v) is 13.3. The van der Waals surface area contributed by atoms with Gasteiger partial charge in [0.2, 0.25) is 0 Å². The van der Waals surface area contributed by atoms with Crippen LogP contribution in [-0.2, 0) is 0 Å². The number of rotatable bonds is 7. The standard InChI is InChI=1S/C17H24N2O3/c1-17(2,21)10-19-16(20)14-7-15(22-9-11-3-4-11)13(8-18-14)12-5-6-12/h7-8,11-12,21H,3-6,9-10H2,1-2H3,(H,19,20). The average molecular weight is 304 g/mol. The third-order valence-corrected chi connectivity index (χ3v) is 4.00. The highest BCUT2D eigenvalue weighted by atomic mass is 16.5. The highest BCUT2D eigenvalue weighted by molar-refractivity contribution is 5.92. The lowest BCUT2D eigenvalue weighted by Crippen LogP contribution is -2.38. The van der Waals surface area contributed by atoms with Gasteiger partial charge in [-0.15, -0.1) is 0 Å². The van der Waals surface area contributed by atoms with Gasteiger partial charge in [0, 0.05) is 24.4 Å². The second-order valence-corrected chi connectivity index (χ2v) is 7.13. The van der Waals surface area contributed by atoms with E-state index in [1.54, 1.807) is 26.1 Å². The van der Waals surface area contributed by atoms with Gasteiger partial charge in [-0.3, -0.25) is 9.78 Å². The van der Waals surface area contributed by atoms with Gasteiger partial charge in [0.25, 0.3) is 5.91 Å². The van der Waals surface area contributed by atoms with E-state index in [1.807, 2.05) is 0 Å². The van der Waals surface area contributed by atoms with Crippen LogP contribution in [0.15, 0.2) is 12.3 Å². The molecular weight excluding hydrogens is 280 g/mol. The van der Waals surface area contributed by atoms with E-state index in [4.69, 9.17) is 4.74 Å². The fourth-order valence-electron chi connectivity index (χ4n) is 2.28. The third-order valence-electron chi connectivity index (χ3n) is 4.00. The summed E-state index contributed by atoms with van der Waals surface area (Å²) in [5, 5.41) is 12.4. The van der Waals surface area contributed by atoms with Crippen molar-refractivity contribution in [3.63, 3.8) is 0 Å². The highest BCUT2D eigenvalue weighted by Gasteiger charge is 2.29. The largest absolute Gasteiger partial charge is 0.493 e. The second-order valence-electron chi connectivity index (χ2n) is 7.13. The molecule has 2 fully saturated rings. The Morgan fingerprint density at radius 3 is 2.73 bits per heavy atom. The van der Waals surface area contributed by atoms with Crippen LogP contribution in [0.25, 0.3) is 0 Å². The first kappa shape index (κ1) is 15.3. The Morgan fingerprint density at radius 2 is 2.14 bits per heavy atom. The zero-order valence-electron chi connectivity index (χ0n) is 13.3. The molecule has 1 aromatic heterocycles. The van der Waals surface area contributed by atoms with Gasteiger partial charge in [-0.25, -0.2) is 0 Å². The van der Waals surface area contributed by atoms with Gasteiger partial charge in [0.05, 0.1) is 12.2 Å². The summed E-state index contributed by atoms with van der Waals surface area (Å²) in [7, 11) is 0. The molecule has 120 valence electrons. The topological polar surface area (TPSA) is 71.5 Å². The number of nitrogens with zero attached hydrogens (tertiary/aromatic N) is 1. The predicted octanol–water partition coefficient (Wildman–Crippen LogP) is 2.25. The molecule has 5 heteroatoms. The highest BCUT2D eigenvalue weighted by Crippen LogP contribution is 2.44. The molecule has 0 aliphatic heterocycles. The normalized spacial score (nSPS) is 18.1. The lowest BCUT2D eigenvalue weighted by atomic mass is 10.1. The minimum absolute atomic E-state index is 0.191. The van der Waals surface area contributed by atoms with Crippen molar-refractivity contribution in [3.8, 4) is 5.75 Å². The molecule has 2 saturated carbocycles. The minimum Gasteiger partial charge on any atom is -0.493 e. The van der Waals surface area contributed by atoms with Gasteiger partial charge in [-0.05, 0) is 51.4 Å². The molecule has 0 radical (unpaired) electrons. The minimum atomic E-state index is -0.936. The molecule has 0 spiro atoms. The van der Waals surface area contributed by atoms with Crippen LogP contribution in [0.1, 0.15) is 61.5 Å². The molecule has 22 heavy (non-hydrogen) atoms. The molecule has 0 atom stereocenters. The Labute approximate surface area is 131 Å². The van der Waals surface area contributed by atoms with Crippen molar-refractivity contribution < 1.29 is 14.6 Å². The summed E-state index contributed by atoms with van der Waals surface area (Å²) in [6.45, 7) is 4.23. The molecule has 1 amide bonds. The van der Waals surface area contributed by atoms with Crippen LogP contribution in [0.2, 0.25) is 0 Å². The van der Waals surface area contributed by atoms with Gasteiger partial charge >= 0.3 is 0 Å². The van der Waals surface area contributed by atoms with E-state index in [2.05, 4.69) is 10.3 Å². The van der Waals surface area contributed by atoms with Crippen molar-refractivity contribution in [2.45, 2.75) is 51.0 Å². The number of carbonyl (C=O) groups is 1. The maximum absolute atomic E-state index is 12.2. The number of hydrogen-bond donors (Lipinski definition) is 2. The van der Waals surface area contributed by atoms with E-state index in [-0.39, 0.29) is 12.5 Å². The van der Waals surface area contributed by atoms with Gasteiger partial charge in [-0.2, -0.15) is 0 Å². The molecular formula is C17H24N2O3. The smallest absolute Gasteiger partial charge is 0.270 e. The Kier molecular flexibility index (Phi) is 4.08. The molecule has 1 heterocycles. The molecule has 1 aromatic rings. The number of aromatic nitrogens is 1. The number of hydrogen-bond acceptors (Lipinski definition) is 4. The molecule has 0 bridgehead atoms. The fraction of sp³-hybridized carbons (Fsp3) is 0.647. The predicted molar refractivity (Wildman–Crippen MR) is 83.1 cm³/mol. The molecule has 0 aromatic carbocycles. The van der Waals surface area contributed by atoms with E-state index < -0.39 is 5.60 Å². The van der Waals surface area contributed by atoms with E-state index >= 15 is 0 Å². The van der Waals surface area contributed by atoms with Crippen LogP contribution in [0.3, 0.4) is 0 Å². The summed E-state index contributed by atoms with van der Waals surface area (Å²) in [6.07, 6.45) is 6.60. The summed E-state index contributed by atoms with van der Waals surface area (Å²) in [5.41, 5.74) is 0.536. The number of ether oxygens (including phenoxy) is 1. The van der Waals surface area contributed by atoms with Gasteiger partial charge in [0.1, 0.15) is 11.4 Å². The zero-order chi connectivity index (χ0) is 15.7. The van der Waals surface area contributed by atoms with Crippen molar-refractivity contribution in [1.82, 2.24) is 10.3 Å². The van der Waals surface area contributed by atoms with Crippen molar-refractivity contribution in [1.29, 1.82) is 0 Å². The Morgan fingerprint density at radius 1 is 1.41 bits per heavy atom. The number of carbonyl (C=O) groups excluding carboxylic acids is 1. The Hall–Kier alpha value is -1.62. The van der Waals surface area contributed by atoms with Crippen LogP contribution in [0.4, 0.5) is 0 Å². The van der Waals surface area contributed by atoms with Gasteiger partial charge in [-0.1, -0.05) is 0 Å². The summed E-state index contributed by atoms with van der Waals surface area (Å²) < 4.78 is 5.93. The first-order valence-electron chi connectivity index (χ1n) is 8.06. The van der Waals surface area contributed by atoms with E-state index in [0.29, 0.717) is 17.5 Å². The molecule has 5 nitrogen and oxygen atoms in total. The van der Waals surface area contributed by atoms with Crippen LogP contribution in [0.5, 0.6) is 5.75 Å². The average Bonchev–Trinajstić information content (AvgIpc) is 3.35. The third kappa shape index (κ3) is 4.19. The lowest BCUT2D eigenvalue weighted by molar-refractivity contribution is 0.0691. The van der Waals surface area contributed by atoms with Crippen molar-refractivity contribution in [2.24, 2.45) is 5.92 Å². The van der Waals surface area contributed by atoms with Crippen LogP contribution in [-0.4, -0.2) is 34.8 Å². The fourth-order valence-corrected chi connectivity index (χ4v) is 2.28. The first-order chi connectivity index (χ1) is 10.4. The number of amides is 1. The summed E-state index contributed by atoms with van der Waals surface area (Å²) in [5.74, 6) is 1.74. The monoisotopic (exact) mass is 304 g/mol. The number of pyridine rings is 1. The summed E-state index contributed by atoms with van der Waals surface area (Å²) >= 11 is 0. The van der Waals surface area contributed by atoms with E-state index in [9.17, 15) is 9.90 Å². The number of aliphatic hydroxyl groups is 1. The van der Waals surface area contributed by atoms with Crippen molar-refractivity contribution in [2.75, 3.05) is 13.2 Å². The molecule has 0 unspecified atom stereocenters. The summed E-state index contributed by atoms with van der Waals surface area (Å²) in [6, 6.07) is 1.75. The van der Waals surface area contributed by atoms with Crippen molar-refractivity contribution >= 4 is 5.91 Å². The molecule has 2 aliphatic carbocycles.